The Morgan fingerprint density at radius 1 is 1.16 bits per heavy atom. The van der Waals surface area contributed by atoms with Gasteiger partial charge in [-0.15, -0.1) is 0 Å². The van der Waals surface area contributed by atoms with Gasteiger partial charge in [0.15, 0.2) is 0 Å². The number of hydrogen-bond donors (Lipinski definition) is 1. The van der Waals surface area contributed by atoms with Gasteiger partial charge in [0.1, 0.15) is 6.33 Å². The molecule has 3 unspecified atom stereocenters. The lowest BCUT2D eigenvalue weighted by molar-refractivity contribution is -0.155. The average molecular weight is 258 g/mol. The first-order chi connectivity index (χ1) is 9.09. The molecule has 0 saturated heterocycles. The number of aliphatic hydroxyl groups is 1. The van der Waals surface area contributed by atoms with Gasteiger partial charge in [0.05, 0.1) is 6.10 Å². The van der Waals surface area contributed by atoms with Crippen molar-refractivity contribution in [1.29, 1.82) is 0 Å². The first-order valence-electron chi connectivity index (χ1n) is 7.52. The summed E-state index contributed by atoms with van der Waals surface area (Å²) < 4.78 is 0. The predicted molar refractivity (Wildman–Crippen MR) is 72.2 cm³/mol. The molecule has 4 aliphatic rings. The molecule has 0 aliphatic heterocycles. The molecule has 0 aromatic carbocycles. The van der Waals surface area contributed by atoms with Crippen LogP contribution in [-0.2, 0) is 0 Å². The summed E-state index contributed by atoms with van der Waals surface area (Å²) in [6.07, 6.45) is 12.5. The minimum absolute atomic E-state index is 0.101. The fourth-order valence-electron chi connectivity index (χ4n) is 5.92. The highest BCUT2D eigenvalue weighted by molar-refractivity contribution is 5.17. The summed E-state index contributed by atoms with van der Waals surface area (Å²) >= 11 is 0. The van der Waals surface area contributed by atoms with Crippen LogP contribution in [0.3, 0.4) is 0 Å². The van der Waals surface area contributed by atoms with E-state index in [1.807, 2.05) is 0 Å². The molecule has 4 aliphatic carbocycles. The van der Waals surface area contributed by atoms with E-state index in [1.165, 1.54) is 44.9 Å². The van der Waals surface area contributed by atoms with Crippen molar-refractivity contribution in [3.8, 4) is 0 Å². The van der Waals surface area contributed by atoms with E-state index in [-0.39, 0.29) is 11.5 Å². The Morgan fingerprint density at radius 2 is 1.79 bits per heavy atom. The molecule has 102 valence electrons. The quantitative estimate of drug-likeness (QED) is 0.886. The number of rotatable bonds is 2. The van der Waals surface area contributed by atoms with E-state index in [0.29, 0.717) is 5.41 Å². The molecule has 0 radical (unpaired) electrons. The zero-order chi connectivity index (χ0) is 13.1. The molecule has 4 bridgehead atoms. The van der Waals surface area contributed by atoms with Crippen molar-refractivity contribution in [1.82, 2.24) is 9.97 Å². The van der Waals surface area contributed by atoms with Crippen molar-refractivity contribution in [2.45, 2.75) is 51.6 Å². The Hall–Kier alpha value is -0.960. The van der Waals surface area contributed by atoms with Crippen LogP contribution < -0.4 is 0 Å². The van der Waals surface area contributed by atoms with E-state index in [1.54, 1.807) is 12.4 Å². The molecule has 4 fully saturated rings. The highest BCUT2D eigenvalue weighted by Gasteiger charge is 2.58. The lowest BCUT2D eigenvalue weighted by Gasteiger charge is -2.62. The molecule has 3 atom stereocenters. The van der Waals surface area contributed by atoms with E-state index in [4.69, 9.17) is 0 Å². The first-order valence-corrected chi connectivity index (χ1v) is 7.52. The summed E-state index contributed by atoms with van der Waals surface area (Å²) in [7, 11) is 0. The summed E-state index contributed by atoms with van der Waals surface area (Å²) in [5.41, 5.74) is 1.48. The molecule has 0 amide bonds. The van der Waals surface area contributed by atoms with Crippen LogP contribution in [0, 0.1) is 22.7 Å². The van der Waals surface area contributed by atoms with Gasteiger partial charge < -0.3 is 5.11 Å². The van der Waals surface area contributed by atoms with Gasteiger partial charge in [-0.25, -0.2) is 9.97 Å². The van der Waals surface area contributed by atoms with Gasteiger partial charge in [0, 0.05) is 23.4 Å². The largest absolute Gasteiger partial charge is 0.388 e. The molecule has 19 heavy (non-hydrogen) atoms. The Kier molecular flexibility index (Phi) is 2.36. The monoisotopic (exact) mass is 258 g/mol. The van der Waals surface area contributed by atoms with E-state index in [9.17, 15) is 5.11 Å². The Morgan fingerprint density at radius 3 is 2.37 bits per heavy atom. The number of nitrogens with zero attached hydrogens (tertiary/aromatic N) is 2. The van der Waals surface area contributed by atoms with E-state index in [2.05, 4.69) is 16.9 Å². The third kappa shape index (κ3) is 1.74. The predicted octanol–water partition coefficient (Wildman–Crippen LogP) is 3.12. The first kappa shape index (κ1) is 11.8. The van der Waals surface area contributed by atoms with E-state index in [0.717, 1.165) is 17.4 Å². The SMILES string of the molecule is CC12CC3CC(C1)CC(C(O)c1cncnc1)(C3)C2. The van der Waals surface area contributed by atoms with Crippen molar-refractivity contribution in [2.24, 2.45) is 22.7 Å². The third-order valence-electron chi connectivity index (χ3n) is 5.88. The van der Waals surface area contributed by atoms with Gasteiger partial charge in [-0.2, -0.15) is 0 Å². The average Bonchev–Trinajstić information content (AvgIpc) is 2.36. The fraction of sp³-hybridized carbons (Fsp3) is 0.750. The van der Waals surface area contributed by atoms with Gasteiger partial charge in [0.2, 0.25) is 0 Å². The molecular weight excluding hydrogens is 236 g/mol. The standard InChI is InChI=1S/C16H22N2O/c1-15-3-11-2-12(4-15)6-16(5-11,9-15)14(19)13-7-17-10-18-8-13/h7-8,10-12,14,19H,2-6,9H2,1H3. The van der Waals surface area contributed by atoms with Gasteiger partial charge in [-0.3, -0.25) is 0 Å². The molecule has 1 heterocycles. The normalized spacial score (nSPS) is 45.4. The van der Waals surface area contributed by atoms with Crippen LogP contribution in [0.5, 0.6) is 0 Å². The summed E-state index contributed by atoms with van der Waals surface area (Å²) in [5.74, 6) is 1.68. The summed E-state index contributed by atoms with van der Waals surface area (Å²) in [6, 6.07) is 0. The molecule has 3 heteroatoms. The maximum Gasteiger partial charge on any atom is 0.115 e. The Labute approximate surface area is 114 Å². The number of hydrogen-bond acceptors (Lipinski definition) is 3. The molecule has 1 aromatic heterocycles. The summed E-state index contributed by atoms with van der Waals surface area (Å²) in [5, 5.41) is 10.9. The lowest BCUT2D eigenvalue weighted by atomic mass is 9.43. The van der Waals surface area contributed by atoms with Gasteiger partial charge in [-0.05, 0) is 55.8 Å². The zero-order valence-corrected chi connectivity index (χ0v) is 11.5. The van der Waals surface area contributed by atoms with Crippen molar-refractivity contribution in [3.05, 3.63) is 24.3 Å². The highest BCUT2D eigenvalue weighted by atomic mass is 16.3. The second kappa shape index (κ2) is 3.78. The summed E-state index contributed by atoms with van der Waals surface area (Å²) in [4.78, 5) is 8.16. The van der Waals surface area contributed by atoms with Crippen LogP contribution in [0.15, 0.2) is 18.7 Å². The van der Waals surface area contributed by atoms with Gasteiger partial charge in [0.25, 0.3) is 0 Å². The molecule has 3 nitrogen and oxygen atoms in total. The van der Waals surface area contributed by atoms with Crippen molar-refractivity contribution < 1.29 is 5.11 Å². The van der Waals surface area contributed by atoms with Gasteiger partial charge in [-0.1, -0.05) is 6.92 Å². The van der Waals surface area contributed by atoms with Gasteiger partial charge >= 0.3 is 0 Å². The minimum Gasteiger partial charge on any atom is -0.388 e. The fourth-order valence-corrected chi connectivity index (χ4v) is 5.92. The van der Waals surface area contributed by atoms with E-state index < -0.39 is 0 Å². The number of aromatic nitrogens is 2. The maximum absolute atomic E-state index is 10.9. The maximum atomic E-state index is 10.9. The van der Waals surface area contributed by atoms with Crippen LogP contribution in [0.1, 0.15) is 57.1 Å². The third-order valence-corrected chi connectivity index (χ3v) is 5.88. The van der Waals surface area contributed by atoms with Crippen LogP contribution in [-0.4, -0.2) is 15.1 Å². The highest BCUT2D eigenvalue weighted by Crippen LogP contribution is 2.68. The molecule has 1 N–H and O–H groups in total. The number of aliphatic hydroxyl groups excluding tert-OH is 1. The van der Waals surface area contributed by atoms with Crippen molar-refractivity contribution in [2.75, 3.05) is 0 Å². The van der Waals surface area contributed by atoms with Crippen LogP contribution in [0.25, 0.3) is 0 Å². The van der Waals surface area contributed by atoms with Crippen LogP contribution >= 0.6 is 0 Å². The second-order valence-electron chi connectivity index (χ2n) is 7.71. The van der Waals surface area contributed by atoms with E-state index >= 15 is 0 Å². The Bertz CT molecular complexity index is 473. The molecule has 1 aromatic rings. The smallest absolute Gasteiger partial charge is 0.115 e. The van der Waals surface area contributed by atoms with Crippen molar-refractivity contribution in [3.63, 3.8) is 0 Å². The molecular formula is C16H22N2O. The second-order valence-corrected chi connectivity index (χ2v) is 7.71. The lowest BCUT2D eigenvalue weighted by Crippen LogP contribution is -2.53. The minimum atomic E-state index is -0.376. The molecule has 0 spiro atoms. The topological polar surface area (TPSA) is 46.0 Å². The zero-order valence-electron chi connectivity index (χ0n) is 11.5. The molecule has 4 saturated carbocycles. The van der Waals surface area contributed by atoms with Crippen LogP contribution in [0.4, 0.5) is 0 Å². The van der Waals surface area contributed by atoms with Crippen LogP contribution in [0.2, 0.25) is 0 Å². The Balaban J connectivity index is 1.70. The summed E-state index contributed by atoms with van der Waals surface area (Å²) in [6.45, 7) is 2.44. The molecule has 5 rings (SSSR count). The van der Waals surface area contributed by atoms with Crippen molar-refractivity contribution >= 4 is 0 Å².